The molecule has 0 spiro atoms. The molecule has 1 unspecified atom stereocenters. The van der Waals surface area contributed by atoms with Gasteiger partial charge < -0.3 is 5.32 Å². The van der Waals surface area contributed by atoms with Crippen LogP contribution in [0.15, 0.2) is 12.2 Å². The van der Waals surface area contributed by atoms with Gasteiger partial charge in [0.2, 0.25) is 0 Å². The summed E-state index contributed by atoms with van der Waals surface area (Å²) >= 11 is 0. The second-order valence-corrected chi connectivity index (χ2v) is 4.41. The summed E-state index contributed by atoms with van der Waals surface area (Å²) in [5, 5.41) is 3.54. The van der Waals surface area contributed by atoms with Crippen molar-refractivity contribution in [3.8, 4) is 0 Å². The smallest absolute Gasteiger partial charge is 0.0187 e. The summed E-state index contributed by atoms with van der Waals surface area (Å²) in [7, 11) is 0. The maximum atomic E-state index is 3.97. The fraction of sp³-hybridized carbons (Fsp3) is 0.833. The van der Waals surface area contributed by atoms with Crippen LogP contribution in [0.4, 0.5) is 0 Å². The first kappa shape index (κ1) is 11.7. The summed E-state index contributed by atoms with van der Waals surface area (Å²) in [5.74, 6) is 0. The van der Waals surface area contributed by atoms with Crippen molar-refractivity contribution in [2.45, 2.75) is 39.2 Å². The van der Waals surface area contributed by atoms with Crippen LogP contribution in [0.25, 0.3) is 0 Å². The lowest BCUT2D eigenvalue weighted by atomic mass is 10.1. The van der Waals surface area contributed by atoms with Crippen LogP contribution in [0.5, 0.6) is 0 Å². The average Bonchev–Trinajstić information content (AvgIpc) is 2.64. The molecule has 0 radical (unpaired) electrons. The molecule has 2 heteroatoms. The van der Waals surface area contributed by atoms with Gasteiger partial charge in [0, 0.05) is 12.6 Å². The Balaban J connectivity index is 2.15. The monoisotopic (exact) mass is 196 g/mol. The standard InChI is InChI=1S/C12H24N2/c1-4-14(10-11(2)3)9-7-12-6-5-8-13-12/h12-13H,2,4-10H2,1,3H3. The molecule has 1 aliphatic heterocycles. The van der Waals surface area contributed by atoms with Crippen molar-refractivity contribution in [1.29, 1.82) is 0 Å². The third-order valence-electron chi connectivity index (χ3n) is 2.90. The average molecular weight is 196 g/mol. The van der Waals surface area contributed by atoms with Crippen molar-refractivity contribution in [2.75, 3.05) is 26.2 Å². The van der Waals surface area contributed by atoms with Gasteiger partial charge in [0.15, 0.2) is 0 Å². The number of rotatable bonds is 6. The highest BCUT2D eigenvalue weighted by Gasteiger charge is 2.14. The normalized spacial score (nSPS) is 21.8. The van der Waals surface area contributed by atoms with Crippen molar-refractivity contribution in [2.24, 2.45) is 0 Å². The van der Waals surface area contributed by atoms with Crippen LogP contribution in [0.1, 0.15) is 33.1 Å². The van der Waals surface area contributed by atoms with E-state index in [0.29, 0.717) is 0 Å². The van der Waals surface area contributed by atoms with Gasteiger partial charge in [0.25, 0.3) is 0 Å². The minimum Gasteiger partial charge on any atom is -0.314 e. The van der Waals surface area contributed by atoms with E-state index in [-0.39, 0.29) is 0 Å². The molecule has 2 nitrogen and oxygen atoms in total. The maximum absolute atomic E-state index is 3.97. The molecule has 14 heavy (non-hydrogen) atoms. The number of nitrogens with zero attached hydrogens (tertiary/aromatic N) is 1. The van der Waals surface area contributed by atoms with E-state index < -0.39 is 0 Å². The Morgan fingerprint density at radius 2 is 2.36 bits per heavy atom. The Morgan fingerprint density at radius 1 is 1.57 bits per heavy atom. The van der Waals surface area contributed by atoms with Crippen LogP contribution in [0.2, 0.25) is 0 Å². The molecule has 1 N–H and O–H groups in total. The molecular weight excluding hydrogens is 172 g/mol. The van der Waals surface area contributed by atoms with Crippen molar-refractivity contribution in [3.05, 3.63) is 12.2 Å². The lowest BCUT2D eigenvalue weighted by Crippen LogP contribution is -2.31. The Labute approximate surface area is 88.4 Å². The van der Waals surface area contributed by atoms with Gasteiger partial charge in [-0.2, -0.15) is 0 Å². The topological polar surface area (TPSA) is 15.3 Å². The Bertz CT molecular complexity index is 171. The first-order valence-corrected chi connectivity index (χ1v) is 5.82. The zero-order chi connectivity index (χ0) is 10.4. The van der Waals surface area contributed by atoms with E-state index in [9.17, 15) is 0 Å². The first-order valence-electron chi connectivity index (χ1n) is 5.82. The molecule has 0 aromatic carbocycles. The molecule has 1 saturated heterocycles. The summed E-state index contributed by atoms with van der Waals surface area (Å²) in [4.78, 5) is 2.47. The molecule has 0 aromatic heterocycles. The van der Waals surface area contributed by atoms with Gasteiger partial charge >= 0.3 is 0 Å². The van der Waals surface area contributed by atoms with Crippen molar-refractivity contribution < 1.29 is 0 Å². The van der Waals surface area contributed by atoms with Gasteiger partial charge in [0.1, 0.15) is 0 Å². The number of hydrogen-bond acceptors (Lipinski definition) is 2. The van der Waals surface area contributed by atoms with Crippen molar-refractivity contribution in [3.63, 3.8) is 0 Å². The summed E-state index contributed by atoms with van der Waals surface area (Å²) in [6.45, 7) is 12.9. The Morgan fingerprint density at radius 3 is 2.86 bits per heavy atom. The molecule has 0 bridgehead atoms. The van der Waals surface area contributed by atoms with Crippen LogP contribution in [0, 0.1) is 0 Å². The molecule has 1 aliphatic rings. The maximum Gasteiger partial charge on any atom is 0.0187 e. The number of hydrogen-bond donors (Lipinski definition) is 1. The SMILES string of the molecule is C=C(C)CN(CC)CCC1CCCN1. The quantitative estimate of drug-likeness (QED) is 0.654. The summed E-state index contributed by atoms with van der Waals surface area (Å²) in [6, 6.07) is 0.772. The van der Waals surface area contributed by atoms with Crippen LogP contribution >= 0.6 is 0 Å². The molecule has 1 heterocycles. The summed E-state index contributed by atoms with van der Waals surface area (Å²) < 4.78 is 0. The fourth-order valence-electron chi connectivity index (χ4n) is 2.07. The van der Waals surface area contributed by atoms with Gasteiger partial charge in [0.05, 0.1) is 0 Å². The molecule has 82 valence electrons. The second kappa shape index (κ2) is 6.20. The summed E-state index contributed by atoms with van der Waals surface area (Å²) in [6.07, 6.45) is 4.02. The van der Waals surface area contributed by atoms with Crippen LogP contribution < -0.4 is 5.32 Å². The van der Waals surface area contributed by atoms with Gasteiger partial charge in [-0.15, -0.1) is 0 Å². The molecule has 0 amide bonds. The fourth-order valence-corrected chi connectivity index (χ4v) is 2.07. The number of nitrogens with one attached hydrogen (secondary N) is 1. The van der Waals surface area contributed by atoms with Gasteiger partial charge in [-0.05, 0) is 45.8 Å². The molecule has 0 aromatic rings. The van der Waals surface area contributed by atoms with E-state index in [1.807, 2.05) is 0 Å². The van der Waals surface area contributed by atoms with Gasteiger partial charge in [-0.25, -0.2) is 0 Å². The first-order chi connectivity index (χ1) is 6.72. The molecule has 1 atom stereocenters. The Hall–Kier alpha value is -0.340. The zero-order valence-electron chi connectivity index (χ0n) is 9.68. The minimum absolute atomic E-state index is 0.772. The van der Waals surface area contributed by atoms with Crippen LogP contribution in [-0.2, 0) is 0 Å². The van der Waals surface area contributed by atoms with Gasteiger partial charge in [-0.3, -0.25) is 4.90 Å². The van der Waals surface area contributed by atoms with E-state index in [4.69, 9.17) is 0 Å². The Kier molecular flexibility index (Phi) is 5.20. The van der Waals surface area contributed by atoms with Crippen LogP contribution in [-0.4, -0.2) is 37.1 Å². The van der Waals surface area contributed by atoms with E-state index in [2.05, 4.69) is 30.6 Å². The third kappa shape index (κ3) is 4.25. The lowest BCUT2D eigenvalue weighted by molar-refractivity contribution is 0.293. The highest BCUT2D eigenvalue weighted by atomic mass is 15.1. The molecular formula is C12H24N2. The second-order valence-electron chi connectivity index (χ2n) is 4.41. The lowest BCUT2D eigenvalue weighted by Gasteiger charge is -2.22. The van der Waals surface area contributed by atoms with E-state index in [1.165, 1.54) is 37.9 Å². The molecule has 1 rings (SSSR count). The van der Waals surface area contributed by atoms with E-state index >= 15 is 0 Å². The predicted octanol–water partition coefficient (Wildman–Crippen LogP) is 2.03. The van der Waals surface area contributed by atoms with Gasteiger partial charge in [-0.1, -0.05) is 19.1 Å². The third-order valence-corrected chi connectivity index (χ3v) is 2.90. The van der Waals surface area contributed by atoms with Crippen molar-refractivity contribution in [1.82, 2.24) is 10.2 Å². The van der Waals surface area contributed by atoms with E-state index in [0.717, 1.165) is 19.1 Å². The summed E-state index contributed by atoms with van der Waals surface area (Å²) in [5.41, 5.74) is 1.27. The number of likely N-dealkylation sites (N-methyl/N-ethyl adjacent to an activating group) is 1. The predicted molar refractivity (Wildman–Crippen MR) is 62.6 cm³/mol. The van der Waals surface area contributed by atoms with Crippen LogP contribution in [0.3, 0.4) is 0 Å². The minimum atomic E-state index is 0.772. The van der Waals surface area contributed by atoms with Crippen molar-refractivity contribution >= 4 is 0 Å². The van der Waals surface area contributed by atoms with E-state index in [1.54, 1.807) is 0 Å². The molecule has 0 aliphatic carbocycles. The zero-order valence-corrected chi connectivity index (χ0v) is 9.68. The molecule has 1 fully saturated rings. The molecule has 0 saturated carbocycles. The highest BCUT2D eigenvalue weighted by Crippen LogP contribution is 2.09. The highest BCUT2D eigenvalue weighted by molar-refractivity contribution is 4.91. The largest absolute Gasteiger partial charge is 0.314 e.